The number of hydrogen-bond acceptors (Lipinski definition) is 6. The Morgan fingerprint density at radius 3 is 2.94 bits per heavy atom. The van der Waals surface area contributed by atoms with Gasteiger partial charge in [-0.3, -0.25) is 0 Å². The van der Waals surface area contributed by atoms with Crippen LogP contribution in [0.3, 0.4) is 0 Å². The standard InChI is InChI=1S/C10H13N5O2/c16-6-1-2-15(3-7(6)17)10-8-9(12-4-11-8)13-5-14-10/h4-7,16-17H,1-3H2,(H,11,12,13,14)/t6-,7-/m0/s1. The van der Waals surface area contributed by atoms with Gasteiger partial charge in [0.1, 0.15) is 11.8 Å². The van der Waals surface area contributed by atoms with Crippen LogP contribution in [0.2, 0.25) is 0 Å². The topological polar surface area (TPSA) is 98.2 Å². The van der Waals surface area contributed by atoms with E-state index in [0.717, 1.165) is 11.3 Å². The lowest BCUT2D eigenvalue weighted by atomic mass is 10.1. The molecule has 1 aliphatic heterocycles. The highest BCUT2D eigenvalue weighted by Gasteiger charge is 2.27. The highest BCUT2D eigenvalue weighted by atomic mass is 16.3. The Morgan fingerprint density at radius 2 is 2.12 bits per heavy atom. The minimum absolute atomic E-state index is 0.367. The van der Waals surface area contributed by atoms with E-state index in [2.05, 4.69) is 19.9 Å². The van der Waals surface area contributed by atoms with Crippen LogP contribution in [-0.4, -0.2) is 55.4 Å². The van der Waals surface area contributed by atoms with Crippen LogP contribution in [0.5, 0.6) is 0 Å². The van der Waals surface area contributed by atoms with Crippen molar-refractivity contribution < 1.29 is 10.2 Å². The average molecular weight is 235 g/mol. The molecule has 1 saturated heterocycles. The summed E-state index contributed by atoms with van der Waals surface area (Å²) in [4.78, 5) is 17.2. The van der Waals surface area contributed by atoms with E-state index in [0.29, 0.717) is 25.2 Å². The van der Waals surface area contributed by atoms with E-state index >= 15 is 0 Å². The second-order valence-corrected chi connectivity index (χ2v) is 4.17. The SMILES string of the molecule is O[C@H]1CCN(c2ncnc3nc[nH]c23)C[C@@H]1O. The van der Waals surface area contributed by atoms with Crippen molar-refractivity contribution in [2.45, 2.75) is 18.6 Å². The second kappa shape index (κ2) is 3.94. The van der Waals surface area contributed by atoms with Crippen molar-refractivity contribution in [3.05, 3.63) is 12.7 Å². The van der Waals surface area contributed by atoms with Crippen LogP contribution in [0.25, 0.3) is 11.2 Å². The highest BCUT2D eigenvalue weighted by molar-refractivity contribution is 5.82. The third-order valence-corrected chi connectivity index (χ3v) is 3.05. The van der Waals surface area contributed by atoms with Crippen LogP contribution < -0.4 is 4.90 Å². The molecule has 0 saturated carbocycles. The van der Waals surface area contributed by atoms with Crippen molar-refractivity contribution >= 4 is 17.0 Å². The van der Waals surface area contributed by atoms with Crippen molar-refractivity contribution in [1.82, 2.24) is 19.9 Å². The molecule has 2 aromatic heterocycles. The third-order valence-electron chi connectivity index (χ3n) is 3.05. The molecule has 0 bridgehead atoms. The van der Waals surface area contributed by atoms with Gasteiger partial charge >= 0.3 is 0 Å². The van der Waals surface area contributed by atoms with Gasteiger partial charge in [0, 0.05) is 13.1 Å². The third kappa shape index (κ3) is 1.73. The lowest BCUT2D eigenvalue weighted by Gasteiger charge is -2.34. The van der Waals surface area contributed by atoms with Crippen LogP contribution in [-0.2, 0) is 0 Å². The number of aliphatic hydroxyl groups excluding tert-OH is 2. The maximum Gasteiger partial charge on any atom is 0.182 e. The number of imidazole rings is 1. The molecule has 7 heteroatoms. The zero-order valence-electron chi connectivity index (χ0n) is 9.11. The predicted molar refractivity (Wildman–Crippen MR) is 60.5 cm³/mol. The zero-order chi connectivity index (χ0) is 11.8. The molecule has 2 aromatic rings. The van der Waals surface area contributed by atoms with Crippen molar-refractivity contribution in [2.75, 3.05) is 18.0 Å². The van der Waals surface area contributed by atoms with Crippen molar-refractivity contribution in [3.8, 4) is 0 Å². The van der Waals surface area contributed by atoms with E-state index in [9.17, 15) is 10.2 Å². The summed E-state index contributed by atoms with van der Waals surface area (Å²) in [7, 11) is 0. The fraction of sp³-hybridized carbons (Fsp3) is 0.500. The maximum absolute atomic E-state index is 9.67. The van der Waals surface area contributed by atoms with Gasteiger partial charge in [-0.2, -0.15) is 0 Å². The van der Waals surface area contributed by atoms with E-state index in [-0.39, 0.29) is 0 Å². The van der Waals surface area contributed by atoms with Gasteiger partial charge < -0.3 is 20.1 Å². The molecule has 7 nitrogen and oxygen atoms in total. The zero-order valence-corrected chi connectivity index (χ0v) is 9.11. The lowest BCUT2D eigenvalue weighted by Crippen LogP contribution is -2.47. The first kappa shape index (κ1) is 10.4. The van der Waals surface area contributed by atoms with Crippen LogP contribution in [0.4, 0.5) is 5.82 Å². The van der Waals surface area contributed by atoms with Crippen molar-refractivity contribution in [1.29, 1.82) is 0 Å². The second-order valence-electron chi connectivity index (χ2n) is 4.17. The first-order chi connectivity index (χ1) is 8.25. The molecule has 1 aliphatic rings. The van der Waals surface area contributed by atoms with Gasteiger partial charge in [0.15, 0.2) is 11.5 Å². The van der Waals surface area contributed by atoms with Crippen LogP contribution in [0.15, 0.2) is 12.7 Å². The molecule has 0 radical (unpaired) electrons. The molecule has 3 heterocycles. The maximum atomic E-state index is 9.67. The predicted octanol–water partition coefficient (Wildman–Crippen LogP) is -0.715. The normalized spacial score (nSPS) is 25.4. The van der Waals surface area contributed by atoms with Gasteiger partial charge in [-0.1, -0.05) is 0 Å². The molecule has 1 fully saturated rings. The van der Waals surface area contributed by atoms with Gasteiger partial charge in [0.05, 0.1) is 18.5 Å². The molecule has 0 amide bonds. The van der Waals surface area contributed by atoms with Crippen LogP contribution in [0.1, 0.15) is 6.42 Å². The summed E-state index contributed by atoms with van der Waals surface area (Å²) >= 11 is 0. The first-order valence-electron chi connectivity index (χ1n) is 5.51. The lowest BCUT2D eigenvalue weighted by molar-refractivity contribution is 0.00791. The molecule has 0 spiro atoms. The number of aromatic nitrogens is 4. The Balaban J connectivity index is 1.96. The number of β-amino-alcohol motifs (C(OH)–C–C–N with tert-alkyl or cyclic N) is 1. The highest BCUT2D eigenvalue weighted by Crippen LogP contribution is 2.23. The van der Waals surface area contributed by atoms with Crippen LogP contribution in [0, 0.1) is 0 Å². The molecule has 0 unspecified atom stereocenters. The van der Waals surface area contributed by atoms with Crippen molar-refractivity contribution in [2.24, 2.45) is 0 Å². The molecule has 90 valence electrons. The average Bonchev–Trinajstić information content (AvgIpc) is 2.80. The van der Waals surface area contributed by atoms with Gasteiger partial charge in [0.25, 0.3) is 0 Å². The molecule has 17 heavy (non-hydrogen) atoms. The number of aliphatic hydroxyl groups is 2. The monoisotopic (exact) mass is 235 g/mol. The fourth-order valence-electron chi connectivity index (χ4n) is 2.10. The number of anilines is 1. The summed E-state index contributed by atoms with van der Waals surface area (Å²) in [5, 5.41) is 19.2. The number of nitrogens with zero attached hydrogens (tertiary/aromatic N) is 4. The summed E-state index contributed by atoms with van der Waals surface area (Å²) < 4.78 is 0. The smallest absolute Gasteiger partial charge is 0.182 e. The van der Waals surface area contributed by atoms with E-state index in [1.165, 1.54) is 6.33 Å². The number of piperidine rings is 1. The van der Waals surface area contributed by atoms with E-state index in [1.807, 2.05) is 4.90 Å². The summed E-state index contributed by atoms with van der Waals surface area (Å²) in [6.45, 7) is 1.02. The first-order valence-corrected chi connectivity index (χ1v) is 5.51. The molecular formula is C10H13N5O2. The molecular weight excluding hydrogens is 222 g/mol. The van der Waals surface area contributed by atoms with Crippen LogP contribution >= 0.6 is 0 Å². The van der Waals surface area contributed by atoms with Crippen molar-refractivity contribution in [3.63, 3.8) is 0 Å². The number of fused-ring (bicyclic) bond motifs is 1. The number of rotatable bonds is 1. The molecule has 0 aromatic carbocycles. The summed E-state index contributed by atoms with van der Waals surface area (Å²) in [5.74, 6) is 0.721. The number of H-pyrrole nitrogens is 1. The van der Waals surface area contributed by atoms with E-state index in [1.54, 1.807) is 6.33 Å². The van der Waals surface area contributed by atoms with E-state index < -0.39 is 12.2 Å². The van der Waals surface area contributed by atoms with Gasteiger partial charge in [-0.25, -0.2) is 15.0 Å². The summed E-state index contributed by atoms with van der Waals surface area (Å²) in [5.41, 5.74) is 1.37. The molecule has 0 aliphatic carbocycles. The Kier molecular flexibility index (Phi) is 2.41. The fourth-order valence-corrected chi connectivity index (χ4v) is 2.10. The Morgan fingerprint density at radius 1 is 1.24 bits per heavy atom. The van der Waals surface area contributed by atoms with E-state index in [4.69, 9.17) is 0 Å². The Hall–Kier alpha value is -1.73. The minimum Gasteiger partial charge on any atom is -0.390 e. The number of nitrogens with one attached hydrogen (secondary N) is 1. The molecule has 2 atom stereocenters. The largest absolute Gasteiger partial charge is 0.390 e. The minimum atomic E-state index is -0.739. The number of aromatic amines is 1. The summed E-state index contributed by atoms with van der Waals surface area (Å²) in [6, 6.07) is 0. The number of hydrogen-bond donors (Lipinski definition) is 3. The van der Waals surface area contributed by atoms with Gasteiger partial charge in [0.2, 0.25) is 0 Å². The molecule has 3 rings (SSSR count). The Bertz CT molecular complexity index is 528. The van der Waals surface area contributed by atoms with Gasteiger partial charge in [-0.05, 0) is 6.42 Å². The molecule has 3 N–H and O–H groups in total. The Labute approximate surface area is 97.1 Å². The quantitative estimate of drug-likeness (QED) is 0.603. The van der Waals surface area contributed by atoms with Gasteiger partial charge in [-0.15, -0.1) is 0 Å². The summed E-state index contributed by atoms with van der Waals surface area (Å²) in [6.07, 6.45) is 2.16.